The third kappa shape index (κ3) is 3.71. The Hall–Kier alpha value is -1.07. The first-order valence-electron chi connectivity index (χ1n) is 6.31. The Kier molecular flexibility index (Phi) is 5.01. The van der Waals surface area contributed by atoms with E-state index in [9.17, 15) is 10.1 Å². The summed E-state index contributed by atoms with van der Waals surface area (Å²) in [6, 6.07) is 7.59. The van der Waals surface area contributed by atoms with Crippen LogP contribution in [0.5, 0.6) is 0 Å². The summed E-state index contributed by atoms with van der Waals surface area (Å²) in [6.45, 7) is 0.820. The van der Waals surface area contributed by atoms with Gasteiger partial charge in [0.15, 0.2) is 0 Å². The molecule has 0 amide bonds. The Labute approximate surface area is 111 Å². The number of para-hydroxylation sites is 1. The van der Waals surface area contributed by atoms with Gasteiger partial charge in [0.05, 0.1) is 4.92 Å². The summed E-state index contributed by atoms with van der Waals surface area (Å²) in [5.74, 6) is 2.45. The zero-order valence-corrected chi connectivity index (χ0v) is 11.1. The van der Waals surface area contributed by atoms with Gasteiger partial charge in [-0.2, -0.15) is 11.8 Å². The lowest BCUT2D eigenvalue weighted by Crippen LogP contribution is -2.34. The van der Waals surface area contributed by atoms with Gasteiger partial charge in [-0.3, -0.25) is 10.1 Å². The molecule has 0 spiro atoms. The average Bonchev–Trinajstić information content (AvgIpc) is 2.40. The van der Waals surface area contributed by atoms with Crippen LogP contribution in [-0.2, 0) is 6.42 Å². The number of hydrogen-bond donors (Lipinski definition) is 1. The van der Waals surface area contributed by atoms with Crippen molar-refractivity contribution < 1.29 is 4.92 Å². The molecule has 0 bridgehead atoms. The van der Waals surface area contributed by atoms with E-state index in [1.165, 1.54) is 24.3 Å². The van der Waals surface area contributed by atoms with E-state index in [-0.39, 0.29) is 10.6 Å². The van der Waals surface area contributed by atoms with Crippen LogP contribution in [0.1, 0.15) is 18.4 Å². The first-order chi connectivity index (χ1) is 8.77. The number of benzene rings is 1. The molecule has 5 heteroatoms. The van der Waals surface area contributed by atoms with Crippen LogP contribution in [0.4, 0.5) is 5.69 Å². The molecule has 98 valence electrons. The third-order valence-electron chi connectivity index (χ3n) is 3.24. The van der Waals surface area contributed by atoms with Crippen LogP contribution in [0.25, 0.3) is 0 Å². The summed E-state index contributed by atoms with van der Waals surface area (Å²) in [7, 11) is 0. The summed E-state index contributed by atoms with van der Waals surface area (Å²) in [4.78, 5) is 10.6. The van der Waals surface area contributed by atoms with Gasteiger partial charge in [0, 0.05) is 17.7 Å². The Morgan fingerprint density at radius 1 is 1.33 bits per heavy atom. The van der Waals surface area contributed by atoms with Crippen LogP contribution in [0.2, 0.25) is 0 Å². The van der Waals surface area contributed by atoms with Gasteiger partial charge in [-0.1, -0.05) is 18.2 Å². The minimum absolute atomic E-state index is 0.235. The number of nitro groups is 1. The summed E-state index contributed by atoms with van der Waals surface area (Å²) < 4.78 is 0. The average molecular weight is 266 g/mol. The van der Waals surface area contributed by atoms with Crippen molar-refractivity contribution in [2.75, 3.05) is 18.1 Å². The lowest BCUT2D eigenvalue weighted by atomic mass is 10.1. The molecule has 2 rings (SSSR count). The molecule has 1 fully saturated rings. The Morgan fingerprint density at radius 2 is 2.06 bits per heavy atom. The lowest BCUT2D eigenvalue weighted by molar-refractivity contribution is -0.385. The van der Waals surface area contributed by atoms with Crippen molar-refractivity contribution in [3.63, 3.8) is 0 Å². The standard InChI is InChI=1S/C13H18N2O2S/c16-15(17)13-4-2-1-3-11(13)5-8-14-12-6-9-18-10-7-12/h1-4,12,14H,5-10H2. The number of nitrogens with zero attached hydrogens (tertiary/aromatic N) is 1. The quantitative estimate of drug-likeness (QED) is 0.657. The smallest absolute Gasteiger partial charge is 0.272 e. The molecule has 1 N–H and O–H groups in total. The van der Waals surface area contributed by atoms with Gasteiger partial charge in [0.25, 0.3) is 5.69 Å². The summed E-state index contributed by atoms with van der Waals surface area (Å²) in [5, 5.41) is 14.4. The van der Waals surface area contributed by atoms with E-state index in [1.54, 1.807) is 12.1 Å². The molecule has 1 heterocycles. The van der Waals surface area contributed by atoms with Gasteiger partial charge in [-0.05, 0) is 37.3 Å². The largest absolute Gasteiger partial charge is 0.314 e. The molecule has 1 aromatic rings. The third-order valence-corrected chi connectivity index (χ3v) is 4.29. The van der Waals surface area contributed by atoms with Gasteiger partial charge in [-0.25, -0.2) is 0 Å². The highest BCUT2D eigenvalue weighted by Crippen LogP contribution is 2.19. The molecule has 1 saturated heterocycles. The number of nitro benzene ring substituents is 1. The number of hydrogen-bond acceptors (Lipinski definition) is 4. The van der Waals surface area contributed by atoms with Crippen molar-refractivity contribution in [2.45, 2.75) is 25.3 Å². The van der Waals surface area contributed by atoms with E-state index in [1.807, 2.05) is 23.9 Å². The molecule has 0 aromatic heterocycles. The first kappa shape index (κ1) is 13.4. The van der Waals surface area contributed by atoms with Gasteiger partial charge in [0.2, 0.25) is 0 Å². The monoisotopic (exact) mass is 266 g/mol. The number of rotatable bonds is 5. The molecule has 0 radical (unpaired) electrons. The summed E-state index contributed by atoms with van der Waals surface area (Å²) >= 11 is 2.01. The molecule has 0 aliphatic carbocycles. The van der Waals surface area contributed by atoms with Gasteiger partial charge < -0.3 is 5.32 Å². The fourth-order valence-electron chi connectivity index (χ4n) is 2.21. The van der Waals surface area contributed by atoms with E-state index in [0.717, 1.165) is 18.5 Å². The minimum Gasteiger partial charge on any atom is -0.314 e. The second-order valence-corrected chi connectivity index (χ2v) is 5.70. The van der Waals surface area contributed by atoms with Gasteiger partial charge >= 0.3 is 0 Å². The van der Waals surface area contributed by atoms with Gasteiger partial charge in [0.1, 0.15) is 0 Å². The van der Waals surface area contributed by atoms with Crippen molar-refractivity contribution in [3.8, 4) is 0 Å². The molecule has 18 heavy (non-hydrogen) atoms. The van der Waals surface area contributed by atoms with Crippen molar-refractivity contribution in [2.24, 2.45) is 0 Å². The van der Waals surface area contributed by atoms with Crippen LogP contribution in [0, 0.1) is 10.1 Å². The number of thioether (sulfide) groups is 1. The van der Waals surface area contributed by atoms with Crippen molar-refractivity contribution in [3.05, 3.63) is 39.9 Å². The lowest BCUT2D eigenvalue weighted by Gasteiger charge is -2.22. The zero-order chi connectivity index (χ0) is 12.8. The maximum Gasteiger partial charge on any atom is 0.272 e. The van der Waals surface area contributed by atoms with E-state index >= 15 is 0 Å². The Bertz CT molecular complexity index is 406. The molecule has 0 saturated carbocycles. The van der Waals surface area contributed by atoms with Crippen LogP contribution in [0.3, 0.4) is 0 Å². The maximum atomic E-state index is 10.9. The fourth-order valence-corrected chi connectivity index (χ4v) is 3.32. The van der Waals surface area contributed by atoms with Crippen LogP contribution >= 0.6 is 11.8 Å². The molecule has 4 nitrogen and oxygen atoms in total. The molecule has 0 atom stereocenters. The zero-order valence-electron chi connectivity index (χ0n) is 10.3. The van der Waals surface area contributed by atoms with Crippen LogP contribution in [0.15, 0.2) is 24.3 Å². The second kappa shape index (κ2) is 6.75. The Balaban J connectivity index is 1.84. The van der Waals surface area contributed by atoms with E-state index in [0.29, 0.717) is 6.04 Å². The summed E-state index contributed by atoms with van der Waals surface area (Å²) in [6.07, 6.45) is 3.14. The molecule has 1 aliphatic rings. The predicted octanol–water partition coefficient (Wildman–Crippen LogP) is 2.62. The normalized spacial score (nSPS) is 16.7. The topological polar surface area (TPSA) is 55.2 Å². The highest BCUT2D eigenvalue weighted by Gasteiger charge is 2.14. The van der Waals surface area contributed by atoms with Crippen LogP contribution in [-0.4, -0.2) is 29.0 Å². The molecule has 0 unspecified atom stereocenters. The van der Waals surface area contributed by atoms with Gasteiger partial charge in [-0.15, -0.1) is 0 Å². The fraction of sp³-hybridized carbons (Fsp3) is 0.538. The molecular formula is C13H18N2O2S. The maximum absolute atomic E-state index is 10.9. The molecule has 1 aromatic carbocycles. The van der Waals surface area contributed by atoms with Crippen LogP contribution < -0.4 is 5.32 Å². The Morgan fingerprint density at radius 3 is 2.78 bits per heavy atom. The molecular weight excluding hydrogens is 248 g/mol. The van der Waals surface area contributed by atoms with E-state index in [4.69, 9.17) is 0 Å². The predicted molar refractivity (Wildman–Crippen MR) is 75.2 cm³/mol. The van der Waals surface area contributed by atoms with E-state index in [2.05, 4.69) is 5.32 Å². The van der Waals surface area contributed by atoms with Crippen molar-refractivity contribution in [1.82, 2.24) is 5.32 Å². The van der Waals surface area contributed by atoms with Crippen molar-refractivity contribution in [1.29, 1.82) is 0 Å². The highest BCUT2D eigenvalue weighted by molar-refractivity contribution is 7.99. The minimum atomic E-state index is -0.299. The second-order valence-electron chi connectivity index (χ2n) is 4.48. The molecule has 1 aliphatic heterocycles. The first-order valence-corrected chi connectivity index (χ1v) is 7.46. The highest BCUT2D eigenvalue weighted by atomic mass is 32.2. The summed E-state index contributed by atoms with van der Waals surface area (Å²) in [5.41, 5.74) is 1.05. The van der Waals surface area contributed by atoms with Crippen molar-refractivity contribution >= 4 is 17.4 Å². The SMILES string of the molecule is O=[N+]([O-])c1ccccc1CCNC1CCSCC1. The number of nitrogens with one attached hydrogen (secondary N) is 1. The van der Waals surface area contributed by atoms with E-state index < -0.39 is 0 Å².